The maximum atomic E-state index is 4.37. The second-order valence-corrected chi connectivity index (χ2v) is 6.06. The minimum Gasteiger partial charge on any atom is -0.253 e. The summed E-state index contributed by atoms with van der Waals surface area (Å²) in [4.78, 5) is 5.59. The number of hydrogen-bond donors (Lipinski definition) is 1. The summed E-state index contributed by atoms with van der Waals surface area (Å²) in [6, 6.07) is 8.45. The molecule has 1 N–H and O–H groups in total. The van der Waals surface area contributed by atoms with Crippen LogP contribution in [0.4, 0.5) is 5.13 Å². The molecule has 0 aliphatic rings. The molecule has 2 aromatic rings. The highest BCUT2D eigenvalue weighted by molar-refractivity contribution is 7.15. The number of nitrogens with zero attached hydrogens (tertiary/aromatic N) is 2. The maximum Gasteiger partial charge on any atom is 0.203 e. The van der Waals surface area contributed by atoms with Crippen LogP contribution in [0.1, 0.15) is 41.5 Å². The van der Waals surface area contributed by atoms with E-state index in [0.29, 0.717) is 5.92 Å². The Hall–Kier alpha value is -1.68. The molecule has 0 amide bonds. The number of hydrogen-bond acceptors (Lipinski definition) is 4. The van der Waals surface area contributed by atoms with E-state index in [-0.39, 0.29) is 0 Å². The van der Waals surface area contributed by atoms with Gasteiger partial charge in [-0.15, -0.1) is 11.3 Å². The molecular weight excluding hydrogens is 254 g/mol. The lowest BCUT2D eigenvalue weighted by molar-refractivity contribution is 0.866. The molecule has 2 rings (SSSR count). The Labute approximate surface area is 118 Å². The summed E-state index contributed by atoms with van der Waals surface area (Å²) in [6.45, 7) is 8.45. The van der Waals surface area contributed by atoms with Gasteiger partial charge in [0.05, 0.1) is 11.9 Å². The Morgan fingerprint density at radius 2 is 1.89 bits per heavy atom. The predicted molar refractivity (Wildman–Crippen MR) is 83.3 cm³/mol. The highest BCUT2D eigenvalue weighted by Gasteiger charge is 2.01. The van der Waals surface area contributed by atoms with E-state index in [4.69, 9.17) is 0 Å². The molecule has 0 spiro atoms. The molecule has 0 atom stereocenters. The SMILES string of the molecule is Cc1nc(N/N=C\c2ccc(C(C)C)cc2)sc1C. The van der Waals surface area contributed by atoms with E-state index >= 15 is 0 Å². The first kappa shape index (κ1) is 13.7. The van der Waals surface area contributed by atoms with E-state index < -0.39 is 0 Å². The van der Waals surface area contributed by atoms with Gasteiger partial charge in [-0.1, -0.05) is 38.1 Å². The zero-order valence-electron chi connectivity index (χ0n) is 11.8. The van der Waals surface area contributed by atoms with Crippen molar-refractivity contribution in [3.63, 3.8) is 0 Å². The molecule has 3 nitrogen and oxygen atoms in total. The van der Waals surface area contributed by atoms with Gasteiger partial charge in [-0.05, 0) is 30.9 Å². The summed E-state index contributed by atoms with van der Waals surface area (Å²) >= 11 is 1.62. The van der Waals surface area contributed by atoms with E-state index in [1.165, 1.54) is 10.4 Å². The lowest BCUT2D eigenvalue weighted by Gasteiger charge is -2.04. The molecule has 1 aromatic carbocycles. The van der Waals surface area contributed by atoms with Gasteiger partial charge < -0.3 is 0 Å². The van der Waals surface area contributed by atoms with Crippen molar-refractivity contribution in [1.29, 1.82) is 0 Å². The Morgan fingerprint density at radius 1 is 1.21 bits per heavy atom. The fourth-order valence-corrected chi connectivity index (χ4v) is 2.41. The number of nitrogens with one attached hydrogen (secondary N) is 1. The number of anilines is 1. The topological polar surface area (TPSA) is 37.3 Å². The number of benzene rings is 1. The average molecular weight is 273 g/mol. The van der Waals surface area contributed by atoms with Crippen molar-refractivity contribution >= 4 is 22.7 Å². The normalized spacial score (nSPS) is 11.4. The van der Waals surface area contributed by atoms with Gasteiger partial charge in [0.15, 0.2) is 0 Å². The van der Waals surface area contributed by atoms with Gasteiger partial charge in [-0.3, -0.25) is 5.43 Å². The third-order valence-corrected chi connectivity index (χ3v) is 3.98. The van der Waals surface area contributed by atoms with Gasteiger partial charge in [0, 0.05) is 4.88 Å². The molecular formula is C15H19N3S. The summed E-state index contributed by atoms with van der Waals surface area (Å²) in [5.74, 6) is 0.561. The van der Waals surface area contributed by atoms with Crippen LogP contribution in [0.25, 0.3) is 0 Å². The van der Waals surface area contributed by atoms with Crippen LogP contribution in [0.15, 0.2) is 29.4 Å². The Kier molecular flexibility index (Phi) is 4.32. The van der Waals surface area contributed by atoms with Crippen LogP contribution in [0.3, 0.4) is 0 Å². The van der Waals surface area contributed by atoms with Gasteiger partial charge in [-0.25, -0.2) is 4.98 Å². The van der Waals surface area contributed by atoms with Crippen molar-refractivity contribution in [3.8, 4) is 0 Å². The average Bonchev–Trinajstić information content (AvgIpc) is 2.69. The van der Waals surface area contributed by atoms with Crippen LogP contribution in [-0.4, -0.2) is 11.2 Å². The highest BCUT2D eigenvalue weighted by atomic mass is 32.1. The first-order chi connectivity index (χ1) is 9.06. The van der Waals surface area contributed by atoms with Crippen LogP contribution < -0.4 is 5.43 Å². The third-order valence-electron chi connectivity index (χ3n) is 3.01. The molecule has 100 valence electrons. The van der Waals surface area contributed by atoms with Gasteiger partial charge in [0.25, 0.3) is 0 Å². The molecule has 19 heavy (non-hydrogen) atoms. The fourth-order valence-electron chi connectivity index (χ4n) is 1.65. The highest BCUT2D eigenvalue weighted by Crippen LogP contribution is 2.20. The second kappa shape index (κ2) is 5.97. The van der Waals surface area contributed by atoms with Gasteiger partial charge in [0.2, 0.25) is 5.13 Å². The Morgan fingerprint density at radius 3 is 2.42 bits per heavy atom. The van der Waals surface area contributed by atoms with Crippen molar-refractivity contribution in [3.05, 3.63) is 46.0 Å². The van der Waals surface area contributed by atoms with Crippen LogP contribution in [0, 0.1) is 13.8 Å². The van der Waals surface area contributed by atoms with E-state index in [1.54, 1.807) is 11.3 Å². The molecule has 0 saturated heterocycles. The lowest BCUT2D eigenvalue weighted by Crippen LogP contribution is -1.91. The third kappa shape index (κ3) is 3.64. The zero-order chi connectivity index (χ0) is 13.8. The molecule has 1 heterocycles. The number of thiazole rings is 1. The predicted octanol–water partition coefficient (Wildman–Crippen LogP) is 4.33. The van der Waals surface area contributed by atoms with E-state index in [9.17, 15) is 0 Å². The molecule has 0 unspecified atom stereocenters. The van der Waals surface area contributed by atoms with Gasteiger partial charge in [-0.2, -0.15) is 5.10 Å². The van der Waals surface area contributed by atoms with Crippen molar-refractivity contribution in [2.75, 3.05) is 5.43 Å². The number of hydrazone groups is 1. The van der Waals surface area contributed by atoms with E-state index in [2.05, 4.69) is 60.5 Å². The van der Waals surface area contributed by atoms with E-state index in [1.807, 2.05) is 13.1 Å². The largest absolute Gasteiger partial charge is 0.253 e. The van der Waals surface area contributed by atoms with Crippen LogP contribution in [0.2, 0.25) is 0 Å². The van der Waals surface area contributed by atoms with Gasteiger partial charge >= 0.3 is 0 Å². The quantitative estimate of drug-likeness (QED) is 0.665. The first-order valence-electron chi connectivity index (χ1n) is 6.39. The molecule has 0 aliphatic carbocycles. The van der Waals surface area contributed by atoms with Crippen LogP contribution in [0.5, 0.6) is 0 Å². The van der Waals surface area contributed by atoms with E-state index in [0.717, 1.165) is 16.4 Å². The van der Waals surface area contributed by atoms with Crippen LogP contribution >= 0.6 is 11.3 Å². The summed E-state index contributed by atoms with van der Waals surface area (Å²) in [7, 11) is 0. The number of aromatic nitrogens is 1. The molecule has 4 heteroatoms. The second-order valence-electron chi connectivity index (χ2n) is 4.85. The smallest absolute Gasteiger partial charge is 0.203 e. The first-order valence-corrected chi connectivity index (χ1v) is 7.21. The monoisotopic (exact) mass is 273 g/mol. The number of rotatable bonds is 4. The van der Waals surface area contributed by atoms with Crippen molar-refractivity contribution < 1.29 is 0 Å². The molecule has 0 aliphatic heterocycles. The zero-order valence-corrected chi connectivity index (χ0v) is 12.6. The van der Waals surface area contributed by atoms with Crippen molar-refractivity contribution in [2.24, 2.45) is 5.10 Å². The molecule has 0 fully saturated rings. The molecule has 0 radical (unpaired) electrons. The van der Waals surface area contributed by atoms with Crippen molar-refractivity contribution in [1.82, 2.24) is 4.98 Å². The molecule has 0 saturated carbocycles. The molecule has 0 bridgehead atoms. The maximum absolute atomic E-state index is 4.37. The van der Waals surface area contributed by atoms with Crippen molar-refractivity contribution in [2.45, 2.75) is 33.6 Å². The molecule has 1 aromatic heterocycles. The standard InChI is InChI=1S/C15H19N3S/c1-10(2)14-7-5-13(6-8-14)9-16-18-15-17-11(3)12(4)19-15/h5-10H,1-4H3,(H,17,18)/b16-9-. The lowest BCUT2D eigenvalue weighted by atomic mass is 10.0. The summed E-state index contributed by atoms with van der Waals surface area (Å²) in [5, 5.41) is 5.05. The Balaban J connectivity index is 1.98. The minimum absolute atomic E-state index is 0.561. The fraction of sp³-hybridized carbons (Fsp3) is 0.333. The summed E-state index contributed by atoms with van der Waals surface area (Å²) in [6.07, 6.45) is 1.82. The summed E-state index contributed by atoms with van der Waals surface area (Å²) in [5.41, 5.74) is 6.46. The summed E-state index contributed by atoms with van der Waals surface area (Å²) < 4.78 is 0. The van der Waals surface area contributed by atoms with Gasteiger partial charge in [0.1, 0.15) is 0 Å². The Bertz CT molecular complexity index is 548. The minimum atomic E-state index is 0.561. The van der Waals surface area contributed by atoms with Crippen LogP contribution in [-0.2, 0) is 0 Å². The number of aryl methyl sites for hydroxylation is 2.